The largest absolute Gasteiger partial charge is 0.305 e. The first kappa shape index (κ1) is 9.36. The van der Waals surface area contributed by atoms with Crippen LogP contribution in [0.2, 0.25) is 0 Å². The van der Waals surface area contributed by atoms with E-state index in [0.717, 1.165) is 12.3 Å². The molecule has 0 aliphatic carbocycles. The number of rotatable bonds is 2. The van der Waals surface area contributed by atoms with Crippen LogP contribution in [0.25, 0.3) is 0 Å². The summed E-state index contributed by atoms with van der Waals surface area (Å²) < 4.78 is 0. The van der Waals surface area contributed by atoms with Gasteiger partial charge in [-0.3, -0.25) is 0 Å². The predicted molar refractivity (Wildman–Crippen MR) is 52.4 cm³/mol. The molecule has 0 spiro atoms. The maximum absolute atomic E-state index is 4.23. The fourth-order valence-corrected chi connectivity index (χ4v) is 1.75. The van der Waals surface area contributed by atoms with Crippen LogP contribution in [0.15, 0.2) is 0 Å². The Morgan fingerprint density at radius 2 is 2.00 bits per heavy atom. The van der Waals surface area contributed by atoms with Crippen molar-refractivity contribution >= 4 is 12.6 Å². The minimum Gasteiger partial charge on any atom is -0.305 e. The highest BCUT2D eigenvalue weighted by molar-refractivity contribution is 7.80. The molecule has 3 heteroatoms. The molecule has 0 radical (unpaired) electrons. The van der Waals surface area contributed by atoms with E-state index in [1.807, 2.05) is 0 Å². The normalized spacial score (nSPS) is 23.5. The van der Waals surface area contributed by atoms with E-state index in [4.69, 9.17) is 0 Å². The van der Waals surface area contributed by atoms with Gasteiger partial charge in [-0.1, -0.05) is 0 Å². The second-order valence-corrected chi connectivity index (χ2v) is 3.67. The Bertz CT molecular complexity index is 108. The topological polar surface area (TPSA) is 6.48 Å². The average Bonchev–Trinajstić information content (AvgIpc) is 2.17. The molecule has 0 aromatic heterocycles. The summed E-state index contributed by atoms with van der Waals surface area (Å²) >= 11 is 4.23. The van der Waals surface area contributed by atoms with Crippen molar-refractivity contribution < 1.29 is 0 Å². The van der Waals surface area contributed by atoms with Crippen molar-refractivity contribution in [1.29, 1.82) is 0 Å². The van der Waals surface area contributed by atoms with E-state index in [2.05, 4.69) is 29.5 Å². The highest BCUT2D eigenvalue weighted by Gasteiger charge is 2.09. The molecule has 0 amide bonds. The molecule has 1 aliphatic heterocycles. The lowest BCUT2D eigenvalue weighted by Gasteiger charge is -2.18. The van der Waals surface area contributed by atoms with Gasteiger partial charge >= 0.3 is 0 Å². The van der Waals surface area contributed by atoms with Gasteiger partial charge in [0.05, 0.1) is 0 Å². The summed E-state index contributed by atoms with van der Waals surface area (Å²) in [5.74, 6) is 0.990. The minimum atomic E-state index is 0.990. The van der Waals surface area contributed by atoms with E-state index in [0.29, 0.717) is 0 Å². The molecule has 0 saturated carbocycles. The Morgan fingerprint density at radius 1 is 1.18 bits per heavy atom. The molecule has 0 aromatic rings. The van der Waals surface area contributed by atoms with E-state index in [1.165, 1.54) is 32.6 Å². The Labute approximate surface area is 75.0 Å². The summed E-state index contributed by atoms with van der Waals surface area (Å²) in [4.78, 5) is 4.90. The third-order valence-corrected chi connectivity index (χ3v) is 2.43. The summed E-state index contributed by atoms with van der Waals surface area (Å²) in [6.07, 6.45) is 1.31. The molecular weight excluding hydrogens is 156 g/mol. The Hall–Kier alpha value is 0.270. The Kier molecular flexibility index (Phi) is 4.26. The van der Waals surface area contributed by atoms with Crippen LogP contribution >= 0.6 is 12.6 Å². The maximum Gasteiger partial charge on any atom is 0.0110 e. The molecule has 0 bridgehead atoms. The van der Waals surface area contributed by atoms with Gasteiger partial charge in [0.2, 0.25) is 0 Å². The van der Waals surface area contributed by atoms with Crippen molar-refractivity contribution in [3.63, 3.8) is 0 Å². The summed E-state index contributed by atoms with van der Waals surface area (Å²) in [5, 5.41) is 0. The molecule has 11 heavy (non-hydrogen) atoms. The summed E-state index contributed by atoms with van der Waals surface area (Å²) in [6.45, 7) is 6.09. The van der Waals surface area contributed by atoms with E-state index in [9.17, 15) is 0 Å². The summed E-state index contributed by atoms with van der Waals surface area (Å²) in [5.41, 5.74) is 0. The second-order valence-electron chi connectivity index (χ2n) is 3.22. The lowest BCUT2D eigenvalue weighted by atomic mass is 10.4. The van der Waals surface area contributed by atoms with Gasteiger partial charge in [0, 0.05) is 25.4 Å². The standard InChI is InChI=1S/C8H18N2S/c1-9-3-2-4-10(6-5-9)7-8-11/h11H,2-8H2,1H3. The Morgan fingerprint density at radius 3 is 2.73 bits per heavy atom. The number of hydrogen-bond donors (Lipinski definition) is 1. The molecule has 1 rings (SSSR count). The fourth-order valence-electron chi connectivity index (χ4n) is 1.47. The zero-order valence-electron chi connectivity index (χ0n) is 7.29. The van der Waals surface area contributed by atoms with E-state index in [-0.39, 0.29) is 0 Å². The molecule has 1 fully saturated rings. The number of hydrogen-bond acceptors (Lipinski definition) is 3. The molecule has 0 N–H and O–H groups in total. The maximum atomic E-state index is 4.23. The number of nitrogens with zero attached hydrogens (tertiary/aromatic N) is 2. The SMILES string of the molecule is CN1CCCN(CCS)CC1. The third-order valence-electron chi connectivity index (χ3n) is 2.23. The number of thiol groups is 1. The van der Waals surface area contributed by atoms with Crippen molar-refractivity contribution in [1.82, 2.24) is 9.80 Å². The van der Waals surface area contributed by atoms with Gasteiger partial charge in [-0.25, -0.2) is 0 Å². The fraction of sp³-hybridized carbons (Fsp3) is 1.00. The first-order valence-corrected chi connectivity index (χ1v) is 4.98. The van der Waals surface area contributed by atoms with Crippen molar-refractivity contribution in [2.45, 2.75) is 6.42 Å². The molecule has 2 nitrogen and oxygen atoms in total. The Balaban J connectivity index is 2.22. The lowest BCUT2D eigenvalue weighted by Crippen LogP contribution is -2.30. The molecule has 1 heterocycles. The monoisotopic (exact) mass is 174 g/mol. The quantitative estimate of drug-likeness (QED) is 0.611. The first-order chi connectivity index (χ1) is 5.33. The van der Waals surface area contributed by atoms with Gasteiger partial charge < -0.3 is 9.80 Å². The van der Waals surface area contributed by atoms with Crippen molar-refractivity contribution in [3.8, 4) is 0 Å². The van der Waals surface area contributed by atoms with Crippen LogP contribution in [-0.4, -0.2) is 55.3 Å². The lowest BCUT2D eigenvalue weighted by molar-refractivity contribution is 0.291. The van der Waals surface area contributed by atoms with E-state index >= 15 is 0 Å². The van der Waals surface area contributed by atoms with Crippen LogP contribution < -0.4 is 0 Å². The molecular formula is C8H18N2S. The summed E-state index contributed by atoms with van der Waals surface area (Å²) in [6, 6.07) is 0. The van der Waals surface area contributed by atoms with Gasteiger partial charge in [-0.2, -0.15) is 12.6 Å². The van der Waals surface area contributed by atoms with Crippen LogP contribution in [0.3, 0.4) is 0 Å². The highest BCUT2D eigenvalue weighted by atomic mass is 32.1. The van der Waals surface area contributed by atoms with Crippen molar-refractivity contribution in [2.75, 3.05) is 45.5 Å². The van der Waals surface area contributed by atoms with Gasteiger partial charge in [0.1, 0.15) is 0 Å². The average molecular weight is 174 g/mol. The van der Waals surface area contributed by atoms with Crippen LogP contribution in [-0.2, 0) is 0 Å². The van der Waals surface area contributed by atoms with Gasteiger partial charge in [0.15, 0.2) is 0 Å². The van der Waals surface area contributed by atoms with Crippen LogP contribution in [0, 0.1) is 0 Å². The van der Waals surface area contributed by atoms with Gasteiger partial charge in [-0.15, -0.1) is 0 Å². The smallest absolute Gasteiger partial charge is 0.0110 e. The van der Waals surface area contributed by atoms with Crippen molar-refractivity contribution in [2.24, 2.45) is 0 Å². The molecule has 1 aliphatic rings. The van der Waals surface area contributed by atoms with Crippen LogP contribution in [0.1, 0.15) is 6.42 Å². The van der Waals surface area contributed by atoms with E-state index in [1.54, 1.807) is 0 Å². The summed E-state index contributed by atoms with van der Waals surface area (Å²) in [7, 11) is 2.20. The van der Waals surface area contributed by atoms with Gasteiger partial charge in [0.25, 0.3) is 0 Å². The van der Waals surface area contributed by atoms with Crippen LogP contribution in [0.4, 0.5) is 0 Å². The number of likely N-dealkylation sites (N-methyl/N-ethyl adjacent to an activating group) is 1. The molecule has 0 aromatic carbocycles. The first-order valence-electron chi connectivity index (χ1n) is 4.34. The van der Waals surface area contributed by atoms with Crippen LogP contribution in [0.5, 0.6) is 0 Å². The molecule has 66 valence electrons. The molecule has 1 saturated heterocycles. The highest BCUT2D eigenvalue weighted by Crippen LogP contribution is 2.00. The third kappa shape index (κ3) is 3.45. The van der Waals surface area contributed by atoms with Crippen molar-refractivity contribution in [3.05, 3.63) is 0 Å². The van der Waals surface area contributed by atoms with E-state index < -0.39 is 0 Å². The zero-order chi connectivity index (χ0) is 8.10. The zero-order valence-corrected chi connectivity index (χ0v) is 8.19. The van der Waals surface area contributed by atoms with Gasteiger partial charge in [-0.05, 0) is 26.6 Å². The predicted octanol–water partition coefficient (Wildman–Crippen LogP) is 0.554. The second kappa shape index (κ2) is 5.01. The molecule has 0 unspecified atom stereocenters. The molecule has 0 atom stereocenters. The minimum absolute atomic E-state index is 0.990.